The number of amides is 1. The van der Waals surface area contributed by atoms with E-state index < -0.39 is 17.3 Å². The Kier molecular flexibility index (Phi) is 3.45. The number of nitrogens with zero attached hydrogens (tertiary/aromatic N) is 1. The minimum atomic E-state index is -1.36. The summed E-state index contributed by atoms with van der Waals surface area (Å²) in [7, 11) is 0. The van der Waals surface area contributed by atoms with E-state index in [-0.39, 0.29) is 10.7 Å². The van der Waals surface area contributed by atoms with Gasteiger partial charge in [0.25, 0.3) is 0 Å². The normalized spacial score (nSPS) is 16.0. The largest absolute Gasteiger partial charge is 0.480 e. The van der Waals surface area contributed by atoms with Crippen LogP contribution in [0.3, 0.4) is 0 Å². The van der Waals surface area contributed by atoms with Gasteiger partial charge in [-0.1, -0.05) is 18.0 Å². The number of carboxylic acid groups (broad SMARTS) is 1. The second-order valence-corrected chi connectivity index (χ2v) is 4.91. The number of benzene rings is 1. The molecule has 1 fully saturated rings. The number of aliphatic carboxylic acids is 1. The first-order valence-corrected chi connectivity index (χ1v) is 6.12. The highest BCUT2D eigenvalue weighted by Crippen LogP contribution is 2.42. The van der Waals surface area contributed by atoms with E-state index in [2.05, 4.69) is 5.32 Å². The Morgan fingerprint density at radius 1 is 1.42 bits per heavy atom. The molecule has 0 radical (unpaired) electrons. The second-order valence-electron chi connectivity index (χ2n) is 4.50. The summed E-state index contributed by atoms with van der Waals surface area (Å²) in [5, 5.41) is 20.7. The molecule has 0 saturated heterocycles. The van der Waals surface area contributed by atoms with Gasteiger partial charge < -0.3 is 10.4 Å². The van der Waals surface area contributed by atoms with E-state index in [4.69, 9.17) is 22.0 Å². The standard InChI is InChI=1S/C13H11ClN2O3/c14-9-3-2-8(7-15)6-10(9)16-11(17)13(12(18)19)4-1-5-13/h2-3,6H,1,4-5H2,(H,16,17)(H,18,19). The minimum absolute atomic E-state index is 0.262. The second kappa shape index (κ2) is 4.90. The Balaban J connectivity index is 2.24. The maximum Gasteiger partial charge on any atom is 0.319 e. The number of hydrogen-bond acceptors (Lipinski definition) is 3. The van der Waals surface area contributed by atoms with Crippen LogP contribution in [-0.4, -0.2) is 17.0 Å². The number of nitriles is 1. The van der Waals surface area contributed by atoms with Crippen molar-refractivity contribution in [3.8, 4) is 6.07 Å². The van der Waals surface area contributed by atoms with Crippen molar-refractivity contribution in [1.29, 1.82) is 5.26 Å². The maximum absolute atomic E-state index is 12.1. The van der Waals surface area contributed by atoms with Crippen LogP contribution in [0.4, 0.5) is 5.69 Å². The molecular formula is C13H11ClN2O3. The minimum Gasteiger partial charge on any atom is -0.480 e. The van der Waals surface area contributed by atoms with Gasteiger partial charge in [0.05, 0.1) is 22.3 Å². The molecule has 1 saturated carbocycles. The molecule has 1 aliphatic carbocycles. The van der Waals surface area contributed by atoms with Crippen molar-refractivity contribution in [3.63, 3.8) is 0 Å². The highest BCUT2D eigenvalue weighted by Gasteiger charge is 2.51. The van der Waals surface area contributed by atoms with Gasteiger partial charge in [-0.05, 0) is 31.0 Å². The van der Waals surface area contributed by atoms with Crippen LogP contribution < -0.4 is 5.32 Å². The summed E-state index contributed by atoms with van der Waals surface area (Å²) in [4.78, 5) is 23.3. The number of halogens is 1. The van der Waals surface area contributed by atoms with Gasteiger partial charge in [0.15, 0.2) is 0 Å². The molecule has 2 N–H and O–H groups in total. The molecule has 19 heavy (non-hydrogen) atoms. The number of carbonyl (C=O) groups excluding carboxylic acids is 1. The zero-order valence-electron chi connectivity index (χ0n) is 9.94. The summed E-state index contributed by atoms with van der Waals surface area (Å²) < 4.78 is 0. The van der Waals surface area contributed by atoms with Gasteiger partial charge in [-0.15, -0.1) is 0 Å². The summed E-state index contributed by atoms with van der Waals surface area (Å²) in [5.74, 6) is -1.70. The third kappa shape index (κ3) is 2.27. The summed E-state index contributed by atoms with van der Waals surface area (Å²) in [6, 6.07) is 6.37. The number of hydrogen-bond donors (Lipinski definition) is 2. The topological polar surface area (TPSA) is 90.2 Å². The van der Waals surface area contributed by atoms with Crippen LogP contribution in [-0.2, 0) is 9.59 Å². The zero-order chi connectivity index (χ0) is 14.0. The lowest BCUT2D eigenvalue weighted by atomic mass is 9.68. The first-order valence-electron chi connectivity index (χ1n) is 5.74. The monoisotopic (exact) mass is 278 g/mol. The van der Waals surface area contributed by atoms with Crippen molar-refractivity contribution < 1.29 is 14.7 Å². The van der Waals surface area contributed by atoms with E-state index in [0.717, 1.165) is 0 Å². The van der Waals surface area contributed by atoms with Crippen molar-refractivity contribution >= 4 is 29.2 Å². The fraction of sp³-hybridized carbons (Fsp3) is 0.308. The van der Waals surface area contributed by atoms with Crippen LogP contribution in [0.5, 0.6) is 0 Å². The smallest absolute Gasteiger partial charge is 0.319 e. The van der Waals surface area contributed by atoms with Crippen LogP contribution in [0, 0.1) is 16.7 Å². The van der Waals surface area contributed by atoms with Crippen LogP contribution in [0.15, 0.2) is 18.2 Å². The lowest BCUT2D eigenvalue weighted by molar-refractivity contribution is -0.159. The predicted octanol–water partition coefficient (Wildman–Crippen LogP) is 2.41. The van der Waals surface area contributed by atoms with Crippen molar-refractivity contribution in [2.24, 2.45) is 5.41 Å². The van der Waals surface area contributed by atoms with E-state index in [0.29, 0.717) is 24.8 Å². The molecule has 0 aliphatic heterocycles. The molecular weight excluding hydrogens is 268 g/mol. The van der Waals surface area contributed by atoms with Crippen molar-refractivity contribution in [1.82, 2.24) is 0 Å². The van der Waals surface area contributed by atoms with E-state index in [1.54, 1.807) is 0 Å². The number of carboxylic acids is 1. The molecule has 0 atom stereocenters. The van der Waals surface area contributed by atoms with Crippen LogP contribution in [0.25, 0.3) is 0 Å². The van der Waals surface area contributed by atoms with Crippen molar-refractivity contribution in [3.05, 3.63) is 28.8 Å². The molecule has 1 amide bonds. The molecule has 0 bridgehead atoms. The average molecular weight is 279 g/mol. The molecule has 0 spiro atoms. The van der Waals surface area contributed by atoms with Crippen LogP contribution in [0.2, 0.25) is 5.02 Å². The Morgan fingerprint density at radius 2 is 2.11 bits per heavy atom. The van der Waals surface area contributed by atoms with Gasteiger partial charge in [-0.25, -0.2) is 0 Å². The van der Waals surface area contributed by atoms with E-state index >= 15 is 0 Å². The van der Waals surface area contributed by atoms with Crippen molar-refractivity contribution in [2.75, 3.05) is 5.32 Å². The summed E-state index contributed by atoms with van der Waals surface area (Å²) in [6.07, 6.45) is 1.36. The molecule has 1 aromatic carbocycles. The quantitative estimate of drug-likeness (QED) is 0.831. The van der Waals surface area contributed by atoms with Gasteiger partial charge in [-0.2, -0.15) is 5.26 Å². The molecule has 98 valence electrons. The Bertz CT molecular complexity index is 588. The van der Waals surface area contributed by atoms with Gasteiger partial charge in [0.2, 0.25) is 5.91 Å². The lowest BCUT2D eigenvalue weighted by Gasteiger charge is -2.35. The predicted molar refractivity (Wildman–Crippen MR) is 68.7 cm³/mol. The number of nitrogens with one attached hydrogen (secondary N) is 1. The number of carbonyl (C=O) groups is 2. The SMILES string of the molecule is N#Cc1ccc(Cl)c(NC(=O)C2(C(=O)O)CCC2)c1. The van der Waals surface area contributed by atoms with Crippen LogP contribution in [0.1, 0.15) is 24.8 Å². The number of rotatable bonds is 3. The lowest BCUT2D eigenvalue weighted by Crippen LogP contribution is -2.48. The third-order valence-electron chi connectivity index (χ3n) is 3.39. The molecule has 0 heterocycles. The fourth-order valence-corrected chi connectivity index (χ4v) is 2.17. The molecule has 0 unspecified atom stereocenters. The fourth-order valence-electron chi connectivity index (χ4n) is 2.00. The highest BCUT2D eigenvalue weighted by atomic mass is 35.5. The first-order chi connectivity index (χ1) is 8.99. The van der Waals surface area contributed by atoms with E-state index in [1.165, 1.54) is 18.2 Å². The third-order valence-corrected chi connectivity index (χ3v) is 3.72. The van der Waals surface area contributed by atoms with Crippen LogP contribution >= 0.6 is 11.6 Å². The highest BCUT2D eigenvalue weighted by molar-refractivity contribution is 6.34. The molecule has 1 aliphatic rings. The first kappa shape index (κ1) is 13.4. The Morgan fingerprint density at radius 3 is 2.58 bits per heavy atom. The molecule has 0 aromatic heterocycles. The average Bonchev–Trinajstić information content (AvgIpc) is 2.30. The number of anilines is 1. The van der Waals surface area contributed by atoms with Gasteiger partial charge in [-0.3, -0.25) is 9.59 Å². The summed E-state index contributed by atoms with van der Waals surface area (Å²) >= 11 is 5.92. The zero-order valence-corrected chi connectivity index (χ0v) is 10.7. The maximum atomic E-state index is 12.1. The van der Waals surface area contributed by atoms with Gasteiger partial charge in [0, 0.05) is 0 Å². The van der Waals surface area contributed by atoms with Crippen molar-refractivity contribution in [2.45, 2.75) is 19.3 Å². The van der Waals surface area contributed by atoms with Gasteiger partial charge >= 0.3 is 5.97 Å². The summed E-state index contributed by atoms with van der Waals surface area (Å²) in [5.41, 5.74) is -0.748. The van der Waals surface area contributed by atoms with E-state index in [1.807, 2.05) is 6.07 Å². The molecule has 2 rings (SSSR count). The summed E-state index contributed by atoms with van der Waals surface area (Å²) in [6.45, 7) is 0. The Labute approximate surface area is 114 Å². The molecule has 5 nitrogen and oxygen atoms in total. The van der Waals surface area contributed by atoms with E-state index in [9.17, 15) is 9.59 Å². The molecule has 6 heteroatoms. The molecule has 1 aromatic rings. The Hall–Kier alpha value is -2.06. The van der Waals surface area contributed by atoms with Gasteiger partial charge in [0.1, 0.15) is 5.41 Å².